The summed E-state index contributed by atoms with van der Waals surface area (Å²) in [5.41, 5.74) is 0.890. The Morgan fingerprint density at radius 3 is 2.77 bits per heavy atom. The lowest BCUT2D eigenvalue weighted by Crippen LogP contribution is -2.35. The largest absolute Gasteiger partial charge is 0.493 e. The third-order valence-electron chi connectivity index (χ3n) is 4.93. The van der Waals surface area contributed by atoms with Crippen LogP contribution < -0.4 is 9.47 Å². The minimum atomic E-state index is -0.445. The average Bonchev–Trinajstić information content (AvgIpc) is 3.20. The van der Waals surface area contributed by atoms with Crippen LogP contribution >= 0.6 is 11.8 Å². The van der Waals surface area contributed by atoms with Crippen molar-refractivity contribution in [2.24, 2.45) is 10.1 Å². The first-order chi connectivity index (χ1) is 14.6. The highest BCUT2D eigenvalue weighted by Crippen LogP contribution is 2.32. The second-order valence-electron chi connectivity index (χ2n) is 6.96. The minimum Gasteiger partial charge on any atom is -0.493 e. The van der Waals surface area contributed by atoms with Crippen molar-refractivity contribution < 1.29 is 14.3 Å². The number of thioether (sulfide) groups is 1. The molecule has 1 aromatic rings. The molecule has 1 aromatic carbocycles. The monoisotopic (exact) mass is 425 g/mol. The highest BCUT2D eigenvalue weighted by Gasteiger charge is 2.37. The van der Waals surface area contributed by atoms with E-state index in [-0.39, 0.29) is 11.4 Å². The molecule has 0 saturated carbocycles. The predicted octanol–water partition coefficient (Wildman–Crippen LogP) is 3.32. The van der Waals surface area contributed by atoms with Crippen LogP contribution in [0.1, 0.15) is 24.8 Å². The molecule has 1 saturated heterocycles. The van der Waals surface area contributed by atoms with Gasteiger partial charge in [0.05, 0.1) is 12.7 Å². The van der Waals surface area contributed by atoms with Crippen LogP contribution in [0.25, 0.3) is 6.08 Å². The number of amides is 1. The highest BCUT2D eigenvalue weighted by atomic mass is 32.2. The van der Waals surface area contributed by atoms with E-state index in [9.17, 15) is 4.79 Å². The van der Waals surface area contributed by atoms with Gasteiger partial charge in [-0.3, -0.25) is 10.2 Å². The quantitative estimate of drug-likeness (QED) is 0.575. The molecule has 9 heteroatoms. The Labute approximate surface area is 179 Å². The number of fused-ring (bicyclic) bond motifs is 1. The molecule has 0 aliphatic carbocycles. The van der Waals surface area contributed by atoms with Gasteiger partial charge >= 0.3 is 0 Å². The third kappa shape index (κ3) is 3.97. The summed E-state index contributed by atoms with van der Waals surface area (Å²) in [7, 11) is 1.55. The number of ether oxygens (including phenoxy) is 2. The summed E-state index contributed by atoms with van der Waals surface area (Å²) in [6, 6.07) is 5.32. The van der Waals surface area contributed by atoms with Gasteiger partial charge in [0.15, 0.2) is 22.5 Å². The maximum absolute atomic E-state index is 12.6. The molecule has 156 valence electrons. The van der Waals surface area contributed by atoms with Crippen molar-refractivity contribution >= 4 is 39.9 Å². The molecule has 3 heterocycles. The van der Waals surface area contributed by atoms with Crippen molar-refractivity contribution in [3.63, 3.8) is 0 Å². The maximum atomic E-state index is 12.6. The molecule has 3 aliphatic heterocycles. The Hall–Kier alpha value is -3.07. The average molecular weight is 426 g/mol. The first-order valence-electron chi connectivity index (χ1n) is 9.77. The van der Waals surface area contributed by atoms with Crippen LogP contribution in [0, 0.1) is 5.41 Å². The highest BCUT2D eigenvalue weighted by molar-refractivity contribution is 8.26. The molecule has 1 N–H and O–H groups in total. The Balaban J connectivity index is 1.59. The van der Waals surface area contributed by atoms with Gasteiger partial charge in [0.1, 0.15) is 6.61 Å². The van der Waals surface area contributed by atoms with Gasteiger partial charge in [0.2, 0.25) is 5.17 Å². The molecule has 8 nitrogen and oxygen atoms in total. The molecule has 3 aliphatic rings. The van der Waals surface area contributed by atoms with Crippen molar-refractivity contribution in [2.75, 3.05) is 26.8 Å². The van der Waals surface area contributed by atoms with E-state index in [1.54, 1.807) is 37.5 Å². The predicted molar refractivity (Wildman–Crippen MR) is 119 cm³/mol. The Morgan fingerprint density at radius 2 is 2.03 bits per heavy atom. The second kappa shape index (κ2) is 8.74. The van der Waals surface area contributed by atoms with Gasteiger partial charge in [-0.2, -0.15) is 10.0 Å². The number of aliphatic imine (C=N–C) groups is 1. The Morgan fingerprint density at radius 1 is 1.23 bits per heavy atom. The number of piperidine rings is 1. The summed E-state index contributed by atoms with van der Waals surface area (Å²) in [6.07, 6.45) is 6.76. The molecule has 0 unspecified atom stereocenters. The summed E-state index contributed by atoms with van der Waals surface area (Å²) < 4.78 is 10.9. The van der Waals surface area contributed by atoms with E-state index in [0.717, 1.165) is 31.1 Å². The first-order valence-corrected chi connectivity index (χ1v) is 10.6. The normalized spacial score (nSPS) is 20.1. The number of benzene rings is 1. The summed E-state index contributed by atoms with van der Waals surface area (Å²) in [5, 5.41) is 15.8. The number of nitrogens with zero attached hydrogens (tertiary/aromatic N) is 4. The summed E-state index contributed by atoms with van der Waals surface area (Å²) in [6.45, 7) is 5.88. The molecular weight excluding hydrogens is 402 g/mol. The number of hydrogen-bond donors (Lipinski definition) is 1. The smallest absolute Gasteiger partial charge is 0.283 e. The zero-order valence-corrected chi connectivity index (χ0v) is 17.6. The van der Waals surface area contributed by atoms with Gasteiger partial charge < -0.3 is 14.4 Å². The number of rotatable bonds is 5. The molecular formula is C21H23N5O3S. The number of amidine groups is 3. The number of carbonyl (C=O) groups excluding carboxylic acids is 1. The lowest BCUT2D eigenvalue weighted by molar-refractivity contribution is -0.114. The molecule has 1 amide bonds. The zero-order chi connectivity index (χ0) is 21.1. The zero-order valence-electron chi connectivity index (χ0n) is 16.8. The fraction of sp³-hybridized carbons (Fsp3) is 0.333. The van der Waals surface area contributed by atoms with Crippen molar-refractivity contribution in [3.8, 4) is 11.5 Å². The number of methoxy groups -OCH3 is 1. The molecule has 0 spiro atoms. The van der Waals surface area contributed by atoms with E-state index in [2.05, 4.69) is 21.6 Å². The van der Waals surface area contributed by atoms with Crippen molar-refractivity contribution in [2.45, 2.75) is 19.3 Å². The fourth-order valence-electron chi connectivity index (χ4n) is 3.40. The van der Waals surface area contributed by atoms with Gasteiger partial charge in [0.25, 0.3) is 5.91 Å². The van der Waals surface area contributed by atoms with Crippen LogP contribution in [0.3, 0.4) is 0 Å². The Kier molecular flexibility index (Phi) is 5.89. The van der Waals surface area contributed by atoms with Crippen LogP contribution in [0.4, 0.5) is 0 Å². The van der Waals surface area contributed by atoms with E-state index in [1.807, 2.05) is 0 Å². The molecule has 0 bridgehead atoms. The van der Waals surface area contributed by atoms with Gasteiger partial charge in [-0.25, -0.2) is 0 Å². The minimum absolute atomic E-state index is 0.0236. The van der Waals surface area contributed by atoms with E-state index in [0.29, 0.717) is 28.8 Å². The fourth-order valence-corrected chi connectivity index (χ4v) is 4.35. The lowest BCUT2D eigenvalue weighted by atomic mass is 10.1. The van der Waals surface area contributed by atoms with E-state index in [1.165, 1.54) is 23.2 Å². The van der Waals surface area contributed by atoms with E-state index < -0.39 is 5.91 Å². The van der Waals surface area contributed by atoms with Crippen LogP contribution in [-0.4, -0.2) is 58.8 Å². The SMILES string of the molecule is C=CCOc1ccc(/C=C2\C(=N)N3N=C(N4CCCCC4)SC3=NC2=O)cc1OC. The topological polar surface area (TPSA) is 90.6 Å². The first kappa shape index (κ1) is 20.2. The van der Waals surface area contributed by atoms with Crippen LogP contribution in [0.15, 0.2) is 46.5 Å². The maximum Gasteiger partial charge on any atom is 0.283 e. The van der Waals surface area contributed by atoms with Gasteiger partial charge in [-0.05, 0) is 54.8 Å². The number of nitrogens with one attached hydrogen (secondary N) is 1. The van der Waals surface area contributed by atoms with E-state index >= 15 is 0 Å². The summed E-state index contributed by atoms with van der Waals surface area (Å²) in [4.78, 5) is 19.0. The van der Waals surface area contributed by atoms with Crippen molar-refractivity contribution in [3.05, 3.63) is 42.0 Å². The number of hydrazone groups is 1. The molecule has 0 aromatic heterocycles. The van der Waals surface area contributed by atoms with E-state index in [4.69, 9.17) is 14.9 Å². The second-order valence-corrected chi connectivity index (χ2v) is 7.89. The summed E-state index contributed by atoms with van der Waals surface area (Å²) >= 11 is 1.35. The summed E-state index contributed by atoms with van der Waals surface area (Å²) in [5.74, 6) is 0.694. The molecule has 0 radical (unpaired) electrons. The van der Waals surface area contributed by atoms with Crippen LogP contribution in [0.5, 0.6) is 11.5 Å². The molecule has 4 rings (SSSR count). The van der Waals surface area contributed by atoms with Gasteiger partial charge in [0, 0.05) is 13.1 Å². The number of hydrogen-bond acceptors (Lipinski definition) is 7. The molecule has 30 heavy (non-hydrogen) atoms. The lowest BCUT2D eigenvalue weighted by Gasteiger charge is -2.26. The van der Waals surface area contributed by atoms with Crippen molar-refractivity contribution in [1.82, 2.24) is 9.91 Å². The number of likely N-dealkylation sites (tertiary alicyclic amines) is 1. The van der Waals surface area contributed by atoms with Crippen molar-refractivity contribution in [1.29, 1.82) is 5.41 Å². The number of carbonyl (C=O) groups is 1. The van der Waals surface area contributed by atoms with Crippen LogP contribution in [0.2, 0.25) is 0 Å². The third-order valence-corrected chi connectivity index (χ3v) is 5.90. The molecule has 1 fully saturated rings. The van der Waals surface area contributed by atoms with Gasteiger partial charge in [-0.1, -0.05) is 18.7 Å². The van der Waals surface area contributed by atoms with Crippen LogP contribution in [-0.2, 0) is 4.79 Å². The standard InChI is InChI=1S/C21H23N5O3S/c1-3-11-29-16-8-7-14(13-17(16)28-2)12-15-18(22)26-20(23-19(15)27)30-21(24-26)25-9-5-4-6-10-25/h3,7-8,12-13,22H,1,4-6,9-11H2,2H3/b15-12+,22-18?. The Bertz CT molecular complexity index is 979. The van der Waals surface area contributed by atoms with Gasteiger partial charge in [-0.15, -0.1) is 5.10 Å². The molecule has 0 atom stereocenters.